The van der Waals surface area contributed by atoms with E-state index in [1.807, 2.05) is 37.3 Å². The van der Waals surface area contributed by atoms with E-state index in [1.165, 1.54) is 4.68 Å². The van der Waals surface area contributed by atoms with Crippen LogP contribution in [0, 0.1) is 6.92 Å². The monoisotopic (exact) mass is 381 g/mol. The molecule has 0 saturated carbocycles. The zero-order valence-corrected chi connectivity index (χ0v) is 16.0. The van der Waals surface area contributed by atoms with E-state index in [1.54, 1.807) is 26.0 Å². The molecule has 1 amide bonds. The van der Waals surface area contributed by atoms with Crippen LogP contribution in [0.15, 0.2) is 42.5 Å². The molecule has 0 aliphatic rings. The lowest BCUT2D eigenvalue weighted by molar-refractivity contribution is 0.0922. The second-order valence-corrected chi connectivity index (χ2v) is 6.82. The Hall–Kier alpha value is -3.10. The Morgan fingerprint density at radius 1 is 1.14 bits per heavy atom. The summed E-state index contributed by atoms with van der Waals surface area (Å²) < 4.78 is 1.41. The lowest BCUT2D eigenvalue weighted by atomic mass is 10.0. The quantitative estimate of drug-likeness (QED) is 0.600. The van der Waals surface area contributed by atoms with Gasteiger partial charge in [0.1, 0.15) is 6.10 Å². The molecular weight excluding hydrogens is 358 g/mol. The Balaban J connectivity index is 2.12. The summed E-state index contributed by atoms with van der Waals surface area (Å²) in [7, 11) is 0. The van der Waals surface area contributed by atoms with Crippen LogP contribution in [0.3, 0.4) is 0 Å². The van der Waals surface area contributed by atoms with Gasteiger partial charge in [0.15, 0.2) is 5.82 Å². The standard InChI is InChI=1S/C20H23N5O3/c1-12-4-6-15(7-5-12)16-8-17(20(28)21-13(2)11-26)10-18(9-16)25-19(14(3)27)22-23-24-25/h4-10,13-14,26-27H,11H2,1-3H3,(H,21,28)/t13?,14-/m0/s1. The zero-order valence-electron chi connectivity index (χ0n) is 16.0. The second-order valence-electron chi connectivity index (χ2n) is 6.82. The average Bonchev–Trinajstić information content (AvgIpc) is 3.18. The number of benzene rings is 2. The third-order valence-corrected chi connectivity index (χ3v) is 4.33. The number of aliphatic hydroxyl groups is 2. The molecule has 8 heteroatoms. The molecule has 1 heterocycles. The molecule has 1 aromatic heterocycles. The molecule has 0 radical (unpaired) electrons. The minimum atomic E-state index is -0.871. The Morgan fingerprint density at radius 2 is 1.86 bits per heavy atom. The first-order valence-electron chi connectivity index (χ1n) is 8.99. The fourth-order valence-electron chi connectivity index (χ4n) is 2.77. The van der Waals surface area contributed by atoms with E-state index < -0.39 is 6.10 Å². The number of hydrogen-bond acceptors (Lipinski definition) is 6. The van der Waals surface area contributed by atoms with Gasteiger partial charge in [-0.05, 0) is 60.5 Å². The number of aryl methyl sites for hydroxylation is 1. The van der Waals surface area contributed by atoms with Gasteiger partial charge in [-0.2, -0.15) is 4.68 Å². The van der Waals surface area contributed by atoms with E-state index in [2.05, 4.69) is 20.8 Å². The van der Waals surface area contributed by atoms with Gasteiger partial charge in [-0.3, -0.25) is 4.79 Å². The van der Waals surface area contributed by atoms with Crippen LogP contribution in [0.2, 0.25) is 0 Å². The van der Waals surface area contributed by atoms with Crippen LogP contribution in [0.1, 0.15) is 41.7 Å². The highest BCUT2D eigenvalue weighted by atomic mass is 16.3. The number of tetrazole rings is 1. The maximum atomic E-state index is 12.7. The molecule has 0 fully saturated rings. The van der Waals surface area contributed by atoms with E-state index >= 15 is 0 Å². The summed E-state index contributed by atoms with van der Waals surface area (Å²) in [6.45, 7) is 5.14. The molecule has 146 valence electrons. The van der Waals surface area contributed by atoms with Crippen LogP contribution in [-0.2, 0) is 0 Å². The number of amides is 1. The van der Waals surface area contributed by atoms with Crippen LogP contribution in [0.5, 0.6) is 0 Å². The third-order valence-electron chi connectivity index (χ3n) is 4.33. The van der Waals surface area contributed by atoms with Crippen molar-refractivity contribution in [1.29, 1.82) is 0 Å². The molecule has 3 aromatic rings. The topological polar surface area (TPSA) is 113 Å². The highest BCUT2D eigenvalue weighted by Crippen LogP contribution is 2.26. The SMILES string of the molecule is Cc1ccc(-c2cc(C(=O)NC(C)CO)cc(-n3nnnc3[C@H](C)O)c2)cc1. The van der Waals surface area contributed by atoms with Crippen molar-refractivity contribution < 1.29 is 15.0 Å². The fourth-order valence-corrected chi connectivity index (χ4v) is 2.77. The highest BCUT2D eigenvalue weighted by Gasteiger charge is 2.17. The summed E-state index contributed by atoms with van der Waals surface area (Å²) in [5.41, 5.74) is 3.84. The first kappa shape index (κ1) is 19.7. The van der Waals surface area contributed by atoms with Crippen LogP contribution in [-0.4, -0.2) is 49.0 Å². The van der Waals surface area contributed by atoms with Crippen molar-refractivity contribution in [3.05, 3.63) is 59.4 Å². The molecule has 8 nitrogen and oxygen atoms in total. The van der Waals surface area contributed by atoms with Crippen molar-refractivity contribution in [1.82, 2.24) is 25.5 Å². The number of aromatic nitrogens is 4. The van der Waals surface area contributed by atoms with Gasteiger partial charge in [0.25, 0.3) is 5.91 Å². The Kier molecular flexibility index (Phi) is 5.81. The minimum absolute atomic E-state index is 0.157. The van der Waals surface area contributed by atoms with E-state index in [0.717, 1.165) is 16.7 Å². The predicted molar refractivity (Wildman–Crippen MR) is 104 cm³/mol. The number of nitrogens with one attached hydrogen (secondary N) is 1. The normalized spacial score (nSPS) is 13.2. The number of hydrogen-bond donors (Lipinski definition) is 3. The summed E-state index contributed by atoms with van der Waals surface area (Å²) in [4.78, 5) is 12.7. The molecule has 0 bridgehead atoms. The molecular formula is C20H23N5O3. The number of carbonyl (C=O) groups excluding carboxylic acids is 1. The summed E-state index contributed by atoms with van der Waals surface area (Å²) in [6.07, 6.45) is -0.871. The van der Waals surface area contributed by atoms with Gasteiger partial charge in [0.05, 0.1) is 12.3 Å². The molecule has 0 aliphatic carbocycles. The number of aliphatic hydroxyl groups excluding tert-OH is 2. The Labute approximate surface area is 162 Å². The smallest absolute Gasteiger partial charge is 0.251 e. The van der Waals surface area contributed by atoms with Gasteiger partial charge < -0.3 is 15.5 Å². The van der Waals surface area contributed by atoms with Crippen LogP contribution >= 0.6 is 0 Å². The van der Waals surface area contributed by atoms with Gasteiger partial charge in [-0.15, -0.1) is 5.10 Å². The van der Waals surface area contributed by atoms with Crippen LogP contribution < -0.4 is 5.32 Å². The van der Waals surface area contributed by atoms with Gasteiger partial charge in [-0.25, -0.2) is 0 Å². The first-order chi connectivity index (χ1) is 13.4. The molecule has 0 saturated heterocycles. The summed E-state index contributed by atoms with van der Waals surface area (Å²) in [5.74, 6) is -0.0421. The molecule has 2 atom stereocenters. The van der Waals surface area contributed by atoms with Crippen molar-refractivity contribution in [2.45, 2.75) is 32.9 Å². The van der Waals surface area contributed by atoms with E-state index in [-0.39, 0.29) is 24.4 Å². The lowest BCUT2D eigenvalue weighted by Gasteiger charge is -2.14. The van der Waals surface area contributed by atoms with Crippen LogP contribution in [0.4, 0.5) is 0 Å². The molecule has 3 rings (SSSR count). The lowest BCUT2D eigenvalue weighted by Crippen LogP contribution is -2.35. The van der Waals surface area contributed by atoms with Crippen molar-refractivity contribution in [2.75, 3.05) is 6.61 Å². The highest BCUT2D eigenvalue weighted by molar-refractivity contribution is 5.96. The Bertz CT molecular complexity index is 966. The van der Waals surface area contributed by atoms with Gasteiger partial charge in [-0.1, -0.05) is 29.8 Å². The number of rotatable bonds is 6. The number of carbonyl (C=O) groups is 1. The van der Waals surface area contributed by atoms with Gasteiger partial charge in [0.2, 0.25) is 0 Å². The molecule has 2 aromatic carbocycles. The summed E-state index contributed by atoms with van der Waals surface area (Å²) >= 11 is 0. The van der Waals surface area contributed by atoms with Crippen molar-refractivity contribution in [3.63, 3.8) is 0 Å². The van der Waals surface area contributed by atoms with E-state index in [0.29, 0.717) is 11.3 Å². The van der Waals surface area contributed by atoms with Crippen molar-refractivity contribution >= 4 is 5.91 Å². The molecule has 0 spiro atoms. The van der Waals surface area contributed by atoms with Gasteiger partial charge >= 0.3 is 0 Å². The third kappa shape index (κ3) is 4.24. The zero-order chi connectivity index (χ0) is 20.3. The average molecular weight is 381 g/mol. The van der Waals surface area contributed by atoms with E-state index in [4.69, 9.17) is 0 Å². The van der Waals surface area contributed by atoms with E-state index in [9.17, 15) is 15.0 Å². The minimum Gasteiger partial charge on any atom is -0.394 e. The second kappa shape index (κ2) is 8.28. The molecule has 0 aliphatic heterocycles. The maximum Gasteiger partial charge on any atom is 0.251 e. The first-order valence-corrected chi connectivity index (χ1v) is 8.99. The van der Waals surface area contributed by atoms with Crippen LogP contribution in [0.25, 0.3) is 16.8 Å². The predicted octanol–water partition coefficient (Wildman–Crippen LogP) is 1.80. The Morgan fingerprint density at radius 3 is 2.50 bits per heavy atom. The van der Waals surface area contributed by atoms with Crippen molar-refractivity contribution in [2.24, 2.45) is 0 Å². The maximum absolute atomic E-state index is 12.7. The molecule has 1 unspecified atom stereocenters. The van der Waals surface area contributed by atoms with Gasteiger partial charge in [0, 0.05) is 11.6 Å². The van der Waals surface area contributed by atoms with Crippen molar-refractivity contribution in [3.8, 4) is 16.8 Å². The number of nitrogens with zero attached hydrogens (tertiary/aromatic N) is 4. The molecule has 28 heavy (non-hydrogen) atoms. The summed E-state index contributed by atoms with van der Waals surface area (Å²) in [5, 5.41) is 33.4. The summed E-state index contributed by atoms with van der Waals surface area (Å²) in [6, 6.07) is 12.9. The largest absolute Gasteiger partial charge is 0.394 e. The molecule has 3 N–H and O–H groups in total. The fraction of sp³-hybridized carbons (Fsp3) is 0.300.